The lowest BCUT2D eigenvalue weighted by molar-refractivity contribution is -0.156. The van der Waals surface area contributed by atoms with E-state index in [0.29, 0.717) is 35.9 Å². The SMILES string of the molecule is C=CCC[C@H]1C(=O)C(C)(C)[C@@H](O)CC(=O)O[C@H](c2ccc3oc(CO)nc3c2)C[C@@H]2O[C@]2(C)CCC[C@H](C)[C@@H]1O. The summed E-state index contributed by atoms with van der Waals surface area (Å²) >= 11 is 0. The molecule has 0 unspecified atom stereocenters. The lowest BCUT2D eigenvalue weighted by Crippen LogP contribution is -2.46. The zero-order chi connectivity index (χ0) is 29.2. The molecule has 3 heterocycles. The van der Waals surface area contributed by atoms with Gasteiger partial charge in [0.1, 0.15) is 24.0 Å². The predicted octanol–water partition coefficient (Wildman–Crippen LogP) is 4.56. The van der Waals surface area contributed by atoms with Crippen molar-refractivity contribution in [1.82, 2.24) is 4.98 Å². The number of cyclic esters (lactones) is 1. The van der Waals surface area contributed by atoms with Crippen LogP contribution >= 0.6 is 0 Å². The molecule has 2 aromatic rings. The summed E-state index contributed by atoms with van der Waals surface area (Å²) in [6, 6.07) is 5.29. The molecule has 0 amide bonds. The van der Waals surface area contributed by atoms with Crippen LogP contribution in [-0.4, -0.2) is 56.0 Å². The Hall–Kier alpha value is -2.59. The third-order valence-electron chi connectivity index (χ3n) is 8.87. The molecule has 0 saturated carbocycles. The van der Waals surface area contributed by atoms with Crippen LogP contribution in [0.2, 0.25) is 0 Å². The zero-order valence-electron chi connectivity index (χ0n) is 24.0. The largest absolute Gasteiger partial charge is 0.457 e. The molecule has 2 saturated heterocycles. The second kappa shape index (κ2) is 12.1. The highest BCUT2D eigenvalue weighted by Gasteiger charge is 2.53. The van der Waals surface area contributed by atoms with Gasteiger partial charge >= 0.3 is 5.97 Å². The van der Waals surface area contributed by atoms with Crippen LogP contribution < -0.4 is 0 Å². The Balaban J connectivity index is 1.63. The number of allylic oxidation sites excluding steroid dienone is 1. The van der Waals surface area contributed by atoms with Crippen LogP contribution in [-0.2, 0) is 25.7 Å². The van der Waals surface area contributed by atoms with Gasteiger partial charge in [0, 0.05) is 12.3 Å². The molecule has 0 radical (unpaired) electrons. The molecule has 9 nitrogen and oxygen atoms in total. The number of nitrogens with zero attached hydrogens (tertiary/aromatic N) is 1. The number of rotatable bonds is 5. The highest BCUT2D eigenvalue weighted by Crippen LogP contribution is 2.47. The maximum Gasteiger partial charge on any atom is 0.309 e. The van der Waals surface area contributed by atoms with Gasteiger partial charge < -0.3 is 29.2 Å². The van der Waals surface area contributed by atoms with Crippen molar-refractivity contribution in [2.24, 2.45) is 17.3 Å². The molecule has 2 fully saturated rings. The number of hydrogen-bond donors (Lipinski definition) is 3. The molecule has 9 heteroatoms. The van der Waals surface area contributed by atoms with Gasteiger partial charge in [-0.25, -0.2) is 4.98 Å². The Labute approximate surface area is 235 Å². The number of benzene rings is 1. The van der Waals surface area contributed by atoms with Gasteiger partial charge in [-0.05, 0) is 56.2 Å². The van der Waals surface area contributed by atoms with Gasteiger partial charge in [-0.15, -0.1) is 6.58 Å². The number of epoxide rings is 1. The minimum absolute atomic E-state index is 0.129. The van der Waals surface area contributed by atoms with Crippen molar-refractivity contribution in [2.75, 3.05) is 0 Å². The fourth-order valence-corrected chi connectivity index (χ4v) is 5.87. The molecule has 2 aliphatic rings. The van der Waals surface area contributed by atoms with Gasteiger partial charge in [-0.3, -0.25) is 9.59 Å². The maximum atomic E-state index is 13.7. The van der Waals surface area contributed by atoms with Crippen LogP contribution in [0.5, 0.6) is 0 Å². The predicted molar refractivity (Wildman–Crippen MR) is 148 cm³/mol. The summed E-state index contributed by atoms with van der Waals surface area (Å²) < 4.78 is 17.5. The smallest absolute Gasteiger partial charge is 0.309 e. The Morgan fingerprint density at radius 2 is 1.95 bits per heavy atom. The molecular weight excluding hydrogens is 514 g/mol. The molecule has 4 rings (SSSR count). The van der Waals surface area contributed by atoms with Crippen LogP contribution in [0, 0.1) is 17.3 Å². The van der Waals surface area contributed by atoms with Crippen molar-refractivity contribution in [2.45, 2.75) is 109 Å². The Morgan fingerprint density at radius 1 is 1.20 bits per heavy atom. The Kier molecular flexibility index (Phi) is 9.19. The first-order valence-corrected chi connectivity index (χ1v) is 14.3. The number of hydrogen-bond acceptors (Lipinski definition) is 9. The highest BCUT2D eigenvalue weighted by atomic mass is 16.6. The number of aliphatic hydroxyl groups is 3. The van der Waals surface area contributed by atoms with E-state index < -0.39 is 35.6 Å². The minimum Gasteiger partial charge on any atom is -0.457 e. The first kappa shape index (κ1) is 30.4. The molecule has 1 aromatic heterocycles. The molecule has 0 spiro atoms. The monoisotopic (exact) mass is 557 g/mol. The van der Waals surface area contributed by atoms with Crippen LogP contribution in [0.3, 0.4) is 0 Å². The quantitative estimate of drug-likeness (QED) is 0.274. The van der Waals surface area contributed by atoms with Crippen LogP contribution in [0.25, 0.3) is 11.1 Å². The average Bonchev–Trinajstić information content (AvgIpc) is 3.35. The van der Waals surface area contributed by atoms with E-state index in [1.165, 1.54) is 0 Å². The molecule has 220 valence electrons. The number of aromatic nitrogens is 1. The summed E-state index contributed by atoms with van der Waals surface area (Å²) in [5, 5.41) is 31.7. The number of ether oxygens (including phenoxy) is 2. The van der Waals surface area contributed by atoms with E-state index in [9.17, 15) is 24.9 Å². The molecule has 0 aliphatic carbocycles. The highest BCUT2D eigenvalue weighted by molar-refractivity contribution is 5.88. The van der Waals surface area contributed by atoms with E-state index in [2.05, 4.69) is 11.6 Å². The number of ketones is 1. The van der Waals surface area contributed by atoms with Crippen LogP contribution in [0.15, 0.2) is 35.3 Å². The number of carbonyl (C=O) groups excluding carboxylic acids is 2. The fraction of sp³-hybridized carbons (Fsp3) is 0.645. The van der Waals surface area contributed by atoms with Crippen molar-refractivity contribution in [3.05, 3.63) is 42.3 Å². The van der Waals surface area contributed by atoms with Crippen LogP contribution in [0.4, 0.5) is 0 Å². The normalized spacial score (nSPS) is 33.8. The first-order valence-electron chi connectivity index (χ1n) is 14.3. The summed E-state index contributed by atoms with van der Waals surface area (Å²) in [4.78, 5) is 31.2. The molecule has 3 N–H and O–H groups in total. The molecule has 7 atom stereocenters. The number of esters is 1. The summed E-state index contributed by atoms with van der Waals surface area (Å²) in [6.07, 6.45) is 2.05. The molecule has 0 bridgehead atoms. The van der Waals surface area contributed by atoms with Crippen molar-refractivity contribution in [3.63, 3.8) is 0 Å². The first-order chi connectivity index (χ1) is 18.9. The van der Waals surface area contributed by atoms with E-state index in [1.54, 1.807) is 38.1 Å². The van der Waals surface area contributed by atoms with E-state index in [1.807, 2.05) is 13.8 Å². The molecular formula is C31H43NO8. The number of carbonyl (C=O) groups is 2. The molecule has 1 aromatic carbocycles. The third-order valence-corrected chi connectivity index (χ3v) is 8.87. The Morgan fingerprint density at radius 3 is 2.65 bits per heavy atom. The lowest BCUT2D eigenvalue weighted by atomic mass is 9.71. The summed E-state index contributed by atoms with van der Waals surface area (Å²) in [5.41, 5.74) is 0.0839. The average molecular weight is 558 g/mol. The van der Waals surface area contributed by atoms with Crippen molar-refractivity contribution >= 4 is 22.9 Å². The van der Waals surface area contributed by atoms with Gasteiger partial charge in [0.25, 0.3) is 0 Å². The van der Waals surface area contributed by atoms with Crippen LogP contribution in [0.1, 0.15) is 90.2 Å². The number of oxazole rings is 1. The van der Waals surface area contributed by atoms with Gasteiger partial charge in [0.2, 0.25) is 5.89 Å². The number of fused-ring (bicyclic) bond motifs is 2. The fourth-order valence-electron chi connectivity index (χ4n) is 5.87. The molecule has 40 heavy (non-hydrogen) atoms. The van der Waals surface area contributed by atoms with Gasteiger partial charge in [0.15, 0.2) is 5.58 Å². The number of Topliss-reactive ketones (excluding diaryl/α,β-unsaturated/α-hetero) is 1. The number of aliphatic hydroxyl groups excluding tert-OH is 3. The van der Waals surface area contributed by atoms with E-state index in [-0.39, 0.29) is 42.3 Å². The second-order valence-corrected chi connectivity index (χ2v) is 12.3. The van der Waals surface area contributed by atoms with E-state index in [0.717, 1.165) is 19.3 Å². The van der Waals surface area contributed by atoms with Gasteiger partial charge in [-0.2, -0.15) is 0 Å². The standard InChI is InChI=1S/C31H43NO8/c1-6-7-10-20-28(36)18(2)9-8-13-31(5)25(40-31)15-23(39-27(35)16-24(34)30(3,4)29(20)37)19-11-12-22-21(14-19)32-26(17-33)38-22/h6,11-12,14,18,20,23-25,28,33-34,36H,1,7-10,13,15-17H2,2-5H3/t18-,20+,23-,24-,25-,28-,31+/m0/s1. The lowest BCUT2D eigenvalue weighted by Gasteiger charge is -2.36. The van der Waals surface area contributed by atoms with Gasteiger partial charge in [0.05, 0.1) is 35.7 Å². The molecule has 2 aliphatic heterocycles. The summed E-state index contributed by atoms with van der Waals surface area (Å²) in [6.45, 7) is 10.7. The second-order valence-electron chi connectivity index (χ2n) is 12.3. The van der Waals surface area contributed by atoms with E-state index in [4.69, 9.17) is 13.9 Å². The van der Waals surface area contributed by atoms with E-state index >= 15 is 0 Å². The maximum absolute atomic E-state index is 13.7. The van der Waals surface area contributed by atoms with Gasteiger partial charge in [-0.1, -0.05) is 39.3 Å². The Bertz CT molecular complexity index is 1220. The minimum atomic E-state index is -1.30. The van der Waals surface area contributed by atoms with Crippen molar-refractivity contribution < 1.29 is 38.8 Å². The summed E-state index contributed by atoms with van der Waals surface area (Å²) in [7, 11) is 0. The van der Waals surface area contributed by atoms with Crippen molar-refractivity contribution in [3.8, 4) is 0 Å². The third kappa shape index (κ3) is 6.48. The van der Waals surface area contributed by atoms with Crippen molar-refractivity contribution in [1.29, 1.82) is 0 Å². The zero-order valence-corrected chi connectivity index (χ0v) is 24.0. The topological polar surface area (TPSA) is 143 Å². The summed E-state index contributed by atoms with van der Waals surface area (Å²) in [5.74, 6) is -1.53.